The molecule has 1 amide bonds. The van der Waals surface area contributed by atoms with Crippen LogP contribution in [0, 0.1) is 18.6 Å². The zero-order chi connectivity index (χ0) is 22.5. The van der Waals surface area contributed by atoms with Crippen LogP contribution in [0.1, 0.15) is 51.8 Å². The van der Waals surface area contributed by atoms with Gasteiger partial charge in [-0.25, -0.2) is 18.7 Å². The van der Waals surface area contributed by atoms with Crippen molar-refractivity contribution in [2.45, 2.75) is 38.8 Å². The van der Waals surface area contributed by atoms with E-state index in [1.807, 2.05) is 19.1 Å². The zero-order valence-electron chi connectivity index (χ0n) is 18.0. The summed E-state index contributed by atoms with van der Waals surface area (Å²) in [6.07, 6.45) is 3.37. The number of benzene rings is 2. The number of hydrogen-bond acceptors (Lipinski definition) is 4. The van der Waals surface area contributed by atoms with Gasteiger partial charge in [0.2, 0.25) is 0 Å². The Bertz CT molecular complexity index is 1080. The molecule has 1 aliphatic rings. The highest BCUT2D eigenvalue weighted by Gasteiger charge is 2.24. The third-order valence-electron chi connectivity index (χ3n) is 5.91. The van der Waals surface area contributed by atoms with Crippen molar-refractivity contribution >= 4 is 5.91 Å². The fraction of sp³-hybridized carbons (Fsp3) is 0.320. The fourth-order valence-electron chi connectivity index (χ4n) is 4.00. The molecule has 0 aliphatic carbocycles. The number of carbonyl (C=O) groups excluding carboxylic acids is 1. The number of aryl methyl sites for hydroxylation is 1. The summed E-state index contributed by atoms with van der Waals surface area (Å²) in [5.74, 6) is 0.253. The van der Waals surface area contributed by atoms with Crippen LogP contribution in [0.15, 0.2) is 54.7 Å². The minimum absolute atomic E-state index is 0.165. The molecule has 0 saturated carbocycles. The van der Waals surface area contributed by atoms with Gasteiger partial charge in [0, 0.05) is 30.8 Å². The van der Waals surface area contributed by atoms with Gasteiger partial charge in [-0.1, -0.05) is 30.3 Å². The van der Waals surface area contributed by atoms with Crippen LogP contribution in [0.3, 0.4) is 0 Å². The molecule has 0 unspecified atom stereocenters. The van der Waals surface area contributed by atoms with E-state index in [-0.39, 0.29) is 23.5 Å². The van der Waals surface area contributed by atoms with Gasteiger partial charge in [-0.2, -0.15) is 0 Å². The molecule has 0 radical (unpaired) electrons. The number of rotatable bonds is 6. The van der Waals surface area contributed by atoms with E-state index in [2.05, 4.69) is 20.2 Å². The summed E-state index contributed by atoms with van der Waals surface area (Å²) in [6, 6.07) is 12.9. The van der Waals surface area contributed by atoms with Crippen molar-refractivity contribution in [2.24, 2.45) is 0 Å². The van der Waals surface area contributed by atoms with Gasteiger partial charge in [-0.15, -0.1) is 0 Å². The smallest absolute Gasteiger partial charge is 0.254 e. The van der Waals surface area contributed by atoms with Gasteiger partial charge in [0.15, 0.2) is 0 Å². The molecule has 4 rings (SSSR count). The normalized spacial score (nSPS) is 15.0. The third-order valence-corrected chi connectivity index (χ3v) is 5.91. The maximum absolute atomic E-state index is 13.9. The quantitative estimate of drug-likeness (QED) is 0.623. The van der Waals surface area contributed by atoms with Crippen molar-refractivity contribution in [3.8, 4) is 0 Å². The number of halogens is 2. The number of amides is 1. The Labute approximate surface area is 186 Å². The largest absolute Gasteiger partial charge is 0.348 e. The first-order valence-electron chi connectivity index (χ1n) is 10.8. The molecule has 0 bridgehead atoms. The second-order valence-electron chi connectivity index (χ2n) is 8.18. The molecule has 2 aromatic carbocycles. The molecule has 1 saturated heterocycles. The first-order valence-corrected chi connectivity index (χ1v) is 10.8. The lowest BCUT2D eigenvalue weighted by Crippen LogP contribution is -2.33. The lowest BCUT2D eigenvalue weighted by Gasteiger charge is -2.31. The molecule has 3 aromatic rings. The van der Waals surface area contributed by atoms with E-state index in [4.69, 9.17) is 0 Å². The standard InChI is InChI=1S/C25H26F2N4O/c1-17-22(25(32)29-14-18-6-8-21(26)9-7-18)15-28-24(30-17)19-10-12-31(13-11-19)16-20-4-2-3-5-23(20)27/h2-9,15,19H,10-14,16H2,1H3,(H,29,32). The van der Waals surface area contributed by atoms with Crippen molar-refractivity contribution in [2.75, 3.05) is 13.1 Å². The van der Waals surface area contributed by atoms with Crippen molar-refractivity contribution < 1.29 is 13.6 Å². The highest BCUT2D eigenvalue weighted by atomic mass is 19.1. The molecule has 0 atom stereocenters. The Kier molecular flexibility index (Phi) is 6.85. The summed E-state index contributed by atoms with van der Waals surface area (Å²) < 4.78 is 26.9. The first kappa shape index (κ1) is 22.0. The van der Waals surface area contributed by atoms with Crippen LogP contribution in [0.5, 0.6) is 0 Å². The molecule has 1 aromatic heterocycles. The van der Waals surface area contributed by atoms with E-state index in [0.29, 0.717) is 29.9 Å². The third kappa shape index (κ3) is 5.34. The summed E-state index contributed by atoms with van der Waals surface area (Å²) >= 11 is 0. The minimum atomic E-state index is -0.307. The topological polar surface area (TPSA) is 58.1 Å². The van der Waals surface area contributed by atoms with Crippen molar-refractivity contribution in [3.05, 3.63) is 94.6 Å². The van der Waals surface area contributed by atoms with Crippen molar-refractivity contribution in [3.63, 3.8) is 0 Å². The van der Waals surface area contributed by atoms with Gasteiger partial charge in [-0.3, -0.25) is 9.69 Å². The number of piperidine rings is 1. The van der Waals surface area contributed by atoms with E-state index in [9.17, 15) is 13.6 Å². The highest BCUT2D eigenvalue weighted by molar-refractivity contribution is 5.94. The molecular formula is C25H26F2N4O. The van der Waals surface area contributed by atoms with Crippen molar-refractivity contribution in [1.82, 2.24) is 20.2 Å². The van der Waals surface area contributed by atoms with Gasteiger partial charge < -0.3 is 5.32 Å². The zero-order valence-corrected chi connectivity index (χ0v) is 18.0. The number of carbonyl (C=O) groups is 1. The first-order chi connectivity index (χ1) is 15.5. The molecule has 166 valence electrons. The van der Waals surface area contributed by atoms with Gasteiger partial charge in [0.05, 0.1) is 11.3 Å². The molecule has 2 heterocycles. The van der Waals surface area contributed by atoms with Crippen LogP contribution >= 0.6 is 0 Å². The molecule has 7 heteroatoms. The second-order valence-corrected chi connectivity index (χ2v) is 8.18. The van der Waals surface area contributed by atoms with Gasteiger partial charge in [0.25, 0.3) is 5.91 Å². The summed E-state index contributed by atoms with van der Waals surface area (Å²) in [6.45, 7) is 4.42. The Morgan fingerprint density at radius 3 is 2.50 bits per heavy atom. The van der Waals surface area contributed by atoms with Crippen LogP contribution in [0.25, 0.3) is 0 Å². The molecule has 5 nitrogen and oxygen atoms in total. The predicted octanol–water partition coefficient (Wildman–Crippen LogP) is 4.37. The van der Waals surface area contributed by atoms with E-state index in [1.165, 1.54) is 18.2 Å². The average molecular weight is 437 g/mol. The Morgan fingerprint density at radius 1 is 1.09 bits per heavy atom. The molecule has 1 aliphatic heterocycles. The summed E-state index contributed by atoms with van der Waals surface area (Å²) in [7, 11) is 0. The lowest BCUT2D eigenvalue weighted by atomic mass is 9.95. The molecule has 32 heavy (non-hydrogen) atoms. The van der Waals surface area contributed by atoms with Gasteiger partial charge in [-0.05, 0) is 56.6 Å². The number of hydrogen-bond donors (Lipinski definition) is 1. The van der Waals surface area contributed by atoms with E-state index in [0.717, 1.165) is 37.3 Å². The number of nitrogens with zero attached hydrogens (tertiary/aromatic N) is 3. The second kappa shape index (κ2) is 9.96. The molecule has 1 N–H and O–H groups in total. The summed E-state index contributed by atoms with van der Waals surface area (Å²) in [5.41, 5.74) is 2.61. The van der Waals surface area contributed by atoms with Crippen LogP contribution in [-0.4, -0.2) is 33.9 Å². The molecular weight excluding hydrogens is 410 g/mol. The minimum Gasteiger partial charge on any atom is -0.348 e. The van der Waals surface area contributed by atoms with E-state index >= 15 is 0 Å². The van der Waals surface area contributed by atoms with Crippen LogP contribution in [0.4, 0.5) is 8.78 Å². The number of likely N-dealkylation sites (tertiary alicyclic amines) is 1. The Hall–Kier alpha value is -3.19. The summed E-state index contributed by atoms with van der Waals surface area (Å²) in [5, 5.41) is 2.83. The Balaban J connectivity index is 1.32. The monoisotopic (exact) mass is 436 g/mol. The average Bonchev–Trinajstić information content (AvgIpc) is 2.80. The van der Waals surface area contributed by atoms with Crippen LogP contribution < -0.4 is 5.32 Å². The number of nitrogens with one attached hydrogen (secondary N) is 1. The van der Waals surface area contributed by atoms with Crippen LogP contribution in [0.2, 0.25) is 0 Å². The Morgan fingerprint density at radius 2 is 1.81 bits per heavy atom. The van der Waals surface area contributed by atoms with E-state index in [1.54, 1.807) is 24.4 Å². The van der Waals surface area contributed by atoms with Crippen molar-refractivity contribution in [1.29, 1.82) is 0 Å². The number of aromatic nitrogens is 2. The SMILES string of the molecule is Cc1nc(C2CCN(Cc3ccccc3F)CC2)ncc1C(=O)NCc1ccc(F)cc1. The van der Waals surface area contributed by atoms with Gasteiger partial charge in [0.1, 0.15) is 17.5 Å². The van der Waals surface area contributed by atoms with Gasteiger partial charge >= 0.3 is 0 Å². The summed E-state index contributed by atoms with van der Waals surface area (Å²) in [4.78, 5) is 23.9. The van der Waals surface area contributed by atoms with E-state index < -0.39 is 0 Å². The lowest BCUT2D eigenvalue weighted by molar-refractivity contribution is 0.0949. The fourth-order valence-corrected chi connectivity index (χ4v) is 4.00. The predicted molar refractivity (Wildman–Crippen MR) is 118 cm³/mol. The van der Waals surface area contributed by atoms with Crippen LogP contribution in [-0.2, 0) is 13.1 Å². The maximum Gasteiger partial charge on any atom is 0.254 e. The highest BCUT2D eigenvalue weighted by Crippen LogP contribution is 2.27. The maximum atomic E-state index is 13.9. The molecule has 1 fully saturated rings. The molecule has 0 spiro atoms.